The molecule has 1 aromatic carbocycles. The van der Waals surface area contributed by atoms with Crippen LogP contribution < -0.4 is 5.32 Å². The van der Waals surface area contributed by atoms with Gasteiger partial charge in [-0.1, -0.05) is 17.7 Å². The van der Waals surface area contributed by atoms with Gasteiger partial charge < -0.3 is 5.32 Å². The first-order valence-electron chi connectivity index (χ1n) is 5.91. The third-order valence-corrected chi connectivity index (χ3v) is 2.71. The Labute approximate surface area is 125 Å². The molecule has 6 nitrogen and oxygen atoms in total. The van der Waals surface area contributed by atoms with Crippen molar-refractivity contribution in [3.63, 3.8) is 0 Å². The fraction of sp³-hybridized carbons (Fsp3) is 0. The third-order valence-electron chi connectivity index (χ3n) is 2.50. The number of hydrogen-bond acceptors (Lipinski definition) is 4. The Morgan fingerprint density at radius 1 is 1.24 bits per heavy atom. The van der Waals surface area contributed by atoms with E-state index in [9.17, 15) is 14.9 Å². The molecule has 0 spiro atoms. The van der Waals surface area contributed by atoms with Crippen LogP contribution in [0, 0.1) is 10.1 Å². The van der Waals surface area contributed by atoms with Gasteiger partial charge in [0.15, 0.2) is 0 Å². The minimum Gasteiger partial charge on any atom is -0.307 e. The number of carbonyl (C=O) groups is 1. The standard InChI is InChI=1S/C14H10ClN3O3/c15-12-2-1-3-13(16-12)17-14(19)9-6-10-4-7-11(8-5-10)18(20)21/h1-9H,(H,16,17,19)/b9-6+. The van der Waals surface area contributed by atoms with Gasteiger partial charge in [0.05, 0.1) is 4.92 Å². The van der Waals surface area contributed by atoms with Crippen molar-refractivity contribution >= 4 is 35.1 Å². The largest absolute Gasteiger partial charge is 0.307 e. The van der Waals surface area contributed by atoms with E-state index in [1.165, 1.54) is 18.2 Å². The second kappa shape index (κ2) is 6.62. The number of aromatic nitrogens is 1. The normalized spacial score (nSPS) is 10.5. The van der Waals surface area contributed by atoms with Crippen LogP contribution in [0.1, 0.15) is 5.56 Å². The third kappa shape index (κ3) is 4.39. The van der Waals surface area contributed by atoms with E-state index in [4.69, 9.17) is 11.6 Å². The molecule has 2 rings (SSSR count). The molecule has 0 saturated carbocycles. The van der Waals surface area contributed by atoms with Gasteiger partial charge in [-0.2, -0.15) is 0 Å². The van der Waals surface area contributed by atoms with E-state index in [1.807, 2.05) is 0 Å². The molecule has 1 N–H and O–H groups in total. The van der Waals surface area contributed by atoms with Crippen LogP contribution in [0.5, 0.6) is 0 Å². The van der Waals surface area contributed by atoms with Crippen LogP contribution in [-0.2, 0) is 4.79 Å². The lowest BCUT2D eigenvalue weighted by Crippen LogP contribution is -2.08. The van der Waals surface area contributed by atoms with Gasteiger partial charge in [0.1, 0.15) is 11.0 Å². The molecule has 0 unspecified atom stereocenters. The average Bonchev–Trinajstić information content (AvgIpc) is 2.45. The highest BCUT2D eigenvalue weighted by Gasteiger charge is 2.03. The Morgan fingerprint density at radius 2 is 1.95 bits per heavy atom. The van der Waals surface area contributed by atoms with Crippen molar-refractivity contribution in [2.24, 2.45) is 0 Å². The number of nitrogens with zero attached hydrogens (tertiary/aromatic N) is 2. The molecular weight excluding hydrogens is 294 g/mol. The topological polar surface area (TPSA) is 85.1 Å². The van der Waals surface area contributed by atoms with Crippen molar-refractivity contribution < 1.29 is 9.72 Å². The molecule has 0 aliphatic rings. The number of pyridine rings is 1. The maximum absolute atomic E-state index is 11.7. The number of nitrogens with one attached hydrogen (secondary N) is 1. The molecular formula is C14H10ClN3O3. The minimum atomic E-state index is -0.481. The second-order valence-electron chi connectivity index (χ2n) is 4.02. The zero-order chi connectivity index (χ0) is 15.2. The Kier molecular flexibility index (Phi) is 4.63. The monoisotopic (exact) mass is 303 g/mol. The van der Waals surface area contributed by atoms with E-state index in [0.29, 0.717) is 11.4 Å². The van der Waals surface area contributed by atoms with Gasteiger partial charge >= 0.3 is 0 Å². The number of benzene rings is 1. The quantitative estimate of drug-likeness (QED) is 0.406. The van der Waals surface area contributed by atoms with E-state index in [-0.39, 0.29) is 16.7 Å². The molecule has 1 aromatic heterocycles. The molecule has 0 aliphatic heterocycles. The first-order valence-corrected chi connectivity index (χ1v) is 6.28. The maximum atomic E-state index is 11.7. The van der Waals surface area contributed by atoms with E-state index in [1.54, 1.807) is 36.4 Å². The summed E-state index contributed by atoms with van der Waals surface area (Å²) < 4.78 is 0. The summed E-state index contributed by atoms with van der Waals surface area (Å²) >= 11 is 5.71. The summed E-state index contributed by atoms with van der Waals surface area (Å²) in [4.78, 5) is 25.6. The number of rotatable bonds is 4. The van der Waals surface area contributed by atoms with Crippen LogP contribution in [0.3, 0.4) is 0 Å². The smallest absolute Gasteiger partial charge is 0.269 e. The van der Waals surface area contributed by atoms with Crippen LogP contribution in [0.2, 0.25) is 5.15 Å². The number of amides is 1. The molecule has 0 bridgehead atoms. The number of carbonyl (C=O) groups excluding carboxylic acids is 1. The first kappa shape index (κ1) is 14.7. The van der Waals surface area contributed by atoms with Gasteiger partial charge in [0.25, 0.3) is 5.69 Å². The maximum Gasteiger partial charge on any atom is 0.269 e. The van der Waals surface area contributed by atoms with Gasteiger partial charge in [-0.05, 0) is 35.9 Å². The predicted octanol–water partition coefficient (Wildman–Crippen LogP) is 3.30. The zero-order valence-electron chi connectivity index (χ0n) is 10.7. The number of nitro benzene ring substituents is 1. The van der Waals surface area contributed by atoms with Crippen molar-refractivity contribution in [3.8, 4) is 0 Å². The lowest BCUT2D eigenvalue weighted by Gasteiger charge is -2.00. The van der Waals surface area contributed by atoms with Crippen LogP contribution in [0.4, 0.5) is 11.5 Å². The highest BCUT2D eigenvalue weighted by molar-refractivity contribution is 6.29. The number of halogens is 1. The number of nitro groups is 1. The molecule has 0 aliphatic carbocycles. The van der Waals surface area contributed by atoms with Crippen LogP contribution in [-0.4, -0.2) is 15.8 Å². The van der Waals surface area contributed by atoms with E-state index < -0.39 is 4.92 Å². The molecule has 0 atom stereocenters. The average molecular weight is 304 g/mol. The Morgan fingerprint density at radius 3 is 2.57 bits per heavy atom. The molecule has 0 radical (unpaired) electrons. The highest BCUT2D eigenvalue weighted by Crippen LogP contribution is 2.13. The second-order valence-corrected chi connectivity index (χ2v) is 4.40. The summed E-state index contributed by atoms with van der Waals surface area (Å²) in [5.41, 5.74) is 0.675. The van der Waals surface area contributed by atoms with Gasteiger partial charge in [-0.25, -0.2) is 4.98 Å². The Balaban J connectivity index is 2.00. The summed E-state index contributed by atoms with van der Waals surface area (Å²) in [5, 5.41) is 13.4. The SMILES string of the molecule is O=C(/C=C/c1ccc([N+](=O)[O-])cc1)Nc1cccc(Cl)n1. The van der Waals surface area contributed by atoms with E-state index in [0.717, 1.165) is 0 Å². The van der Waals surface area contributed by atoms with Gasteiger partial charge in [0, 0.05) is 18.2 Å². The molecule has 1 amide bonds. The molecule has 0 saturated heterocycles. The van der Waals surface area contributed by atoms with E-state index >= 15 is 0 Å². The summed E-state index contributed by atoms with van der Waals surface area (Å²) in [6.45, 7) is 0. The summed E-state index contributed by atoms with van der Waals surface area (Å²) in [5.74, 6) is -0.0241. The number of anilines is 1. The number of hydrogen-bond donors (Lipinski definition) is 1. The summed E-state index contributed by atoms with van der Waals surface area (Å²) in [6.07, 6.45) is 2.85. The molecule has 21 heavy (non-hydrogen) atoms. The van der Waals surface area contributed by atoms with Crippen LogP contribution in [0.15, 0.2) is 48.5 Å². The number of non-ortho nitro benzene ring substituents is 1. The van der Waals surface area contributed by atoms with Crippen molar-refractivity contribution in [3.05, 3.63) is 69.4 Å². The van der Waals surface area contributed by atoms with Crippen LogP contribution >= 0.6 is 11.6 Å². The molecule has 7 heteroatoms. The lowest BCUT2D eigenvalue weighted by atomic mass is 10.2. The Hall–Kier alpha value is -2.73. The minimum absolute atomic E-state index is 0.000251. The summed E-state index contributed by atoms with van der Waals surface area (Å²) in [6, 6.07) is 10.7. The summed E-state index contributed by atoms with van der Waals surface area (Å²) in [7, 11) is 0. The van der Waals surface area contributed by atoms with Crippen molar-refractivity contribution in [2.75, 3.05) is 5.32 Å². The van der Waals surface area contributed by atoms with Crippen molar-refractivity contribution in [1.82, 2.24) is 4.98 Å². The molecule has 2 aromatic rings. The van der Waals surface area contributed by atoms with Gasteiger partial charge in [-0.3, -0.25) is 14.9 Å². The first-order chi connectivity index (χ1) is 10.0. The Bertz CT molecular complexity index is 699. The fourth-order valence-corrected chi connectivity index (χ4v) is 1.69. The molecule has 0 fully saturated rings. The van der Waals surface area contributed by atoms with Gasteiger partial charge in [-0.15, -0.1) is 0 Å². The lowest BCUT2D eigenvalue weighted by molar-refractivity contribution is -0.384. The van der Waals surface area contributed by atoms with E-state index in [2.05, 4.69) is 10.3 Å². The molecule has 106 valence electrons. The van der Waals surface area contributed by atoms with Crippen molar-refractivity contribution in [2.45, 2.75) is 0 Å². The van der Waals surface area contributed by atoms with Crippen LogP contribution in [0.25, 0.3) is 6.08 Å². The molecule has 1 heterocycles. The fourth-order valence-electron chi connectivity index (χ4n) is 1.52. The highest BCUT2D eigenvalue weighted by atomic mass is 35.5. The predicted molar refractivity (Wildman–Crippen MR) is 80.0 cm³/mol. The van der Waals surface area contributed by atoms with Crippen molar-refractivity contribution in [1.29, 1.82) is 0 Å². The zero-order valence-corrected chi connectivity index (χ0v) is 11.4. The van der Waals surface area contributed by atoms with Gasteiger partial charge in [0.2, 0.25) is 5.91 Å².